The van der Waals surface area contributed by atoms with E-state index in [1.807, 2.05) is 0 Å². The molecule has 1 saturated heterocycles. The third-order valence-electron chi connectivity index (χ3n) is 3.58. The lowest BCUT2D eigenvalue weighted by atomic mass is 10.1. The summed E-state index contributed by atoms with van der Waals surface area (Å²) in [5.74, 6) is 1.53. The molecule has 0 aromatic heterocycles. The number of anilines is 1. The smallest absolute Gasteiger partial charge is 0.122 e. The van der Waals surface area contributed by atoms with E-state index < -0.39 is 0 Å². The summed E-state index contributed by atoms with van der Waals surface area (Å²) < 4.78 is 11.3. The van der Waals surface area contributed by atoms with Crippen molar-refractivity contribution in [2.45, 2.75) is 20.8 Å². The first-order valence-corrected chi connectivity index (χ1v) is 7.93. The van der Waals surface area contributed by atoms with Gasteiger partial charge < -0.3 is 19.7 Å². The van der Waals surface area contributed by atoms with E-state index in [1.165, 1.54) is 11.3 Å². The van der Waals surface area contributed by atoms with Gasteiger partial charge in [-0.2, -0.15) is 0 Å². The first-order chi connectivity index (χ1) is 10.2. The maximum absolute atomic E-state index is 5.81. The lowest BCUT2D eigenvalue weighted by Crippen LogP contribution is -2.43. The second-order valence-electron chi connectivity index (χ2n) is 6.00. The molecule has 118 valence electrons. The predicted octanol–water partition coefficient (Wildman–Crippen LogP) is 2.46. The van der Waals surface area contributed by atoms with Crippen LogP contribution in [0, 0.1) is 12.8 Å². The van der Waals surface area contributed by atoms with E-state index >= 15 is 0 Å². The third kappa shape index (κ3) is 5.21. The molecule has 1 N–H and O–H groups in total. The van der Waals surface area contributed by atoms with Crippen LogP contribution in [0.1, 0.15) is 19.4 Å². The molecule has 0 radical (unpaired) electrons. The number of nitrogens with one attached hydrogen (secondary N) is 1. The van der Waals surface area contributed by atoms with Gasteiger partial charge in [0.05, 0.1) is 6.61 Å². The highest BCUT2D eigenvalue weighted by atomic mass is 16.5. The summed E-state index contributed by atoms with van der Waals surface area (Å²) in [5, 5.41) is 3.38. The summed E-state index contributed by atoms with van der Waals surface area (Å²) in [6, 6.07) is 6.45. The minimum atomic E-state index is 0.574. The molecular formula is C17H28N2O2. The third-order valence-corrected chi connectivity index (χ3v) is 3.58. The van der Waals surface area contributed by atoms with Crippen molar-refractivity contribution in [3.05, 3.63) is 23.8 Å². The SMILES string of the molecule is Cc1cc(N2CCNCC2)ccc1OCCOCC(C)C. The Labute approximate surface area is 128 Å². The zero-order chi connectivity index (χ0) is 15.1. The monoisotopic (exact) mass is 292 g/mol. The Hall–Kier alpha value is -1.26. The number of nitrogens with zero attached hydrogens (tertiary/aromatic N) is 1. The van der Waals surface area contributed by atoms with E-state index in [4.69, 9.17) is 9.47 Å². The van der Waals surface area contributed by atoms with Crippen molar-refractivity contribution in [1.82, 2.24) is 5.32 Å². The van der Waals surface area contributed by atoms with E-state index in [9.17, 15) is 0 Å². The van der Waals surface area contributed by atoms with Crippen LogP contribution in [0.3, 0.4) is 0 Å². The number of ether oxygens (including phenoxy) is 2. The van der Waals surface area contributed by atoms with E-state index in [2.05, 4.69) is 49.2 Å². The van der Waals surface area contributed by atoms with E-state index in [-0.39, 0.29) is 0 Å². The highest BCUT2D eigenvalue weighted by molar-refractivity contribution is 5.53. The molecule has 2 rings (SSSR count). The van der Waals surface area contributed by atoms with Gasteiger partial charge in [-0.1, -0.05) is 13.8 Å². The molecular weight excluding hydrogens is 264 g/mol. The second-order valence-corrected chi connectivity index (χ2v) is 6.00. The van der Waals surface area contributed by atoms with Gasteiger partial charge in [-0.3, -0.25) is 0 Å². The molecule has 21 heavy (non-hydrogen) atoms. The van der Waals surface area contributed by atoms with Crippen molar-refractivity contribution in [3.63, 3.8) is 0 Å². The number of hydrogen-bond donors (Lipinski definition) is 1. The Morgan fingerprint density at radius 2 is 1.95 bits per heavy atom. The number of benzene rings is 1. The lowest BCUT2D eigenvalue weighted by Gasteiger charge is -2.29. The normalized spacial score (nSPS) is 15.5. The highest BCUT2D eigenvalue weighted by Crippen LogP contribution is 2.24. The van der Waals surface area contributed by atoms with Gasteiger partial charge in [-0.05, 0) is 36.6 Å². The van der Waals surface area contributed by atoms with Crippen molar-refractivity contribution in [3.8, 4) is 5.75 Å². The molecule has 0 spiro atoms. The van der Waals surface area contributed by atoms with Crippen LogP contribution in [0.4, 0.5) is 5.69 Å². The minimum Gasteiger partial charge on any atom is -0.491 e. The van der Waals surface area contributed by atoms with Crippen LogP contribution in [0.2, 0.25) is 0 Å². The Balaban J connectivity index is 1.81. The van der Waals surface area contributed by atoms with Gasteiger partial charge in [0.25, 0.3) is 0 Å². The van der Waals surface area contributed by atoms with Crippen molar-refractivity contribution in [2.24, 2.45) is 5.92 Å². The van der Waals surface area contributed by atoms with Gasteiger partial charge in [-0.25, -0.2) is 0 Å². The number of piperazine rings is 1. The van der Waals surface area contributed by atoms with Gasteiger partial charge >= 0.3 is 0 Å². The van der Waals surface area contributed by atoms with Gasteiger partial charge in [0.15, 0.2) is 0 Å². The summed E-state index contributed by atoms with van der Waals surface area (Å²) >= 11 is 0. The van der Waals surface area contributed by atoms with Crippen molar-refractivity contribution < 1.29 is 9.47 Å². The summed E-state index contributed by atoms with van der Waals surface area (Å²) in [5.41, 5.74) is 2.48. The maximum Gasteiger partial charge on any atom is 0.122 e. The average Bonchev–Trinajstić information content (AvgIpc) is 2.49. The molecule has 1 aromatic carbocycles. The lowest BCUT2D eigenvalue weighted by molar-refractivity contribution is 0.0817. The zero-order valence-corrected chi connectivity index (χ0v) is 13.5. The van der Waals surface area contributed by atoms with Crippen LogP contribution in [0.15, 0.2) is 18.2 Å². The molecule has 1 fully saturated rings. The van der Waals surface area contributed by atoms with Crippen molar-refractivity contribution in [1.29, 1.82) is 0 Å². The van der Waals surface area contributed by atoms with E-state index in [1.54, 1.807) is 0 Å². The van der Waals surface area contributed by atoms with Gasteiger partial charge in [-0.15, -0.1) is 0 Å². The van der Waals surface area contributed by atoms with E-state index in [0.717, 1.165) is 38.5 Å². The minimum absolute atomic E-state index is 0.574. The largest absolute Gasteiger partial charge is 0.491 e. The van der Waals surface area contributed by atoms with Crippen LogP contribution in [0.5, 0.6) is 5.75 Å². The van der Waals surface area contributed by atoms with Crippen molar-refractivity contribution >= 4 is 5.69 Å². The van der Waals surface area contributed by atoms with Gasteiger partial charge in [0, 0.05) is 38.5 Å². The first kappa shape index (κ1) is 16.1. The summed E-state index contributed by atoms with van der Waals surface area (Å²) in [6.07, 6.45) is 0. The standard InChI is InChI=1S/C17H28N2O2/c1-14(2)13-20-10-11-21-17-5-4-16(12-15(17)3)19-8-6-18-7-9-19/h4-5,12,14,18H,6-11,13H2,1-3H3. The summed E-state index contributed by atoms with van der Waals surface area (Å²) in [6.45, 7) is 12.7. The molecule has 0 atom stereocenters. The van der Waals surface area contributed by atoms with Crippen LogP contribution in [0.25, 0.3) is 0 Å². The fraction of sp³-hybridized carbons (Fsp3) is 0.647. The highest BCUT2D eigenvalue weighted by Gasteiger charge is 2.11. The molecule has 0 aliphatic carbocycles. The van der Waals surface area contributed by atoms with Gasteiger partial charge in [0.2, 0.25) is 0 Å². The van der Waals surface area contributed by atoms with Gasteiger partial charge in [0.1, 0.15) is 12.4 Å². The van der Waals surface area contributed by atoms with E-state index in [0.29, 0.717) is 19.1 Å². The fourth-order valence-corrected chi connectivity index (χ4v) is 2.44. The Bertz CT molecular complexity index is 429. The molecule has 1 aliphatic heterocycles. The van der Waals surface area contributed by atoms with Crippen LogP contribution < -0.4 is 15.0 Å². The fourth-order valence-electron chi connectivity index (χ4n) is 2.44. The predicted molar refractivity (Wildman–Crippen MR) is 87.4 cm³/mol. The molecule has 4 nitrogen and oxygen atoms in total. The Kier molecular flexibility index (Phi) is 6.33. The van der Waals surface area contributed by atoms with Crippen LogP contribution in [-0.4, -0.2) is 46.0 Å². The quantitative estimate of drug-likeness (QED) is 0.783. The first-order valence-electron chi connectivity index (χ1n) is 7.93. The maximum atomic E-state index is 5.81. The molecule has 0 unspecified atom stereocenters. The molecule has 1 heterocycles. The molecule has 0 bridgehead atoms. The van der Waals surface area contributed by atoms with Crippen LogP contribution in [-0.2, 0) is 4.74 Å². The zero-order valence-electron chi connectivity index (χ0n) is 13.5. The van der Waals surface area contributed by atoms with Crippen molar-refractivity contribution in [2.75, 3.05) is 50.9 Å². The summed E-state index contributed by atoms with van der Waals surface area (Å²) in [4.78, 5) is 2.42. The number of aryl methyl sites for hydroxylation is 1. The molecule has 0 amide bonds. The molecule has 1 aromatic rings. The summed E-state index contributed by atoms with van der Waals surface area (Å²) in [7, 11) is 0. The molecule has 4 heteroatoms. The average molecular weight is 292 g/mol. The Morgan fingerprint density at radius 3 is 2.62 bits per heavy atom. The van der Waals surface area contributed by atoms with Crippen LogP contribution >= 0.6 is 0 Å². The number of hydrogen-bond acceptors (Lipinski definition) is 4. The topological polar surface area (TPSA) is 33.7 Å². The molecule has 1 aliphatic rings. The number of rotatable bonds is 7. The second kappa shape index (κ2) is 8.25. The molecule has 0 saturated carbocycles. The Morgan fingerprint density at radius 1 is 1.19 bits per heavy atom.